The zero-order valence-electron chi connectivity index (χ0n) is 17.6. The molecule has 3 N–H and O–H groups in total. The average Bonchev–Trinajstić information content (AvgIpc) is 3.22. The number of nitrogens with zero attached hydrogens (tertiary/aromatic N) is 3. The van der Waals surface area contributed by atoms with E-state index >= 15 is 0 Å². The molecule has 0 bridgehead atoms. The summed E-state index contributed by atoms with van der Waals surface area (Å²) in [5, 5.41) is 0.803. The predicted octanol–water partition coefficient (Wildman–Crippen LogP) is 4.51. The lowest BCUT2D eigenvalue weighted by atomic mass is 10.0. The highest BCUT2D eigenvalue weighted by atomic mass is 19.1. The van der Waals surface area contributed by atoms with Gasteiger partial charge >= 0.3 is 0 Å². The Balaban J connectivity index is 1.61. The first-order valence-corrected chi connectivity index (χ1v) is 10.5. The van der Waals surface area contributed by atoms with Gasteiger partial charge in [0.1, 0.15) is 11.6 Å². The van der Waals surface area contributed by atoms with Gasteiger partial charge in [0.25, 0.3) is 0 Å². The number of hydrogen-bond acceptors (Lipinski definition) is 5. The minimum Gasteiger partial charge on any atom is -0.481 e. The fraction of sp³-hybridized carbons (Fsp3) is 0.250. The van der Waals surface area contributed by atoms with Gasteiger partial charge in [-0.3, -0.25) is 0 Å². The molecule has 1 aliphatic rings. The number of nitrogens with one attached hydrogen (secondary N) is 1. The van der Waals surface area contributed by atoms with Gasteiger partial charge in [0.2, 0.25) is 11.8 Å². The maximum atomic E-state index is 14.4. The molecule has 6 nitrogen and oxygen atoms in total. The molecule has 0 aliphatic carbocycles. The molecule has 5 rings (SSSR count). The molecule has 1 fully saturated rings. The van der Waals surface area contributed by atoms with E-state index < -0.39 is 11.6 Å². The molecule has 0 amide bonds. The monoisotopic (exact) mass is 435 g/mol. The van der Waals surface area contributed by atoms with Gasteiger partial charge in [-0.1, -0.05) is 12.1 Å². The molecular weight excluding hydrogens is 412 g/mol. The average molecular weight is 435 g/mol. The second kappa shape index (κ2) is 8.20. The van der Waals surface area contributed by atoms with Crippen molar-refractivity contribution in [2.24, 2.45) is 5.73 Å². The summed E-state index contributed by atoms with van der Waals surface area (Å²) in [5.41, 5.74) is 8.75. The van der Waals surface area contributed by atoms with E-state index in [1.165, 1.54) is 18.2 Å². The zero-order chi connectivity index (χ0) is 22.2. The van der Waals surface area contributed by atoms with E-state index in [0.29, 0.717) is 23.1 Å². The van der Waals surface area contributed by atoms with Gasteiger partial charge < -0.3 is 20.4 Å². The number of fused-ring (bicyclic) bond motifs is 1. The van der Waals surface area contributed by atoms with E-state index in [2.05, 4.69) is 14.9 Å². The Hall–Kier alpha value is -3.52. The number of benzene rings is 2. The van der Waals surface area contributed by atoms with Crippen LogP contribution in [0.4, 0.5) is 14.7 Å². The molecule has 1 saturated heterocycles. The van der Waals surface area contributed by atoms with Crippen LogP contribution in [0.15, 0.2) is 48.7 Å². The lowest BCUT2D eigenvalue weighted by molar-refractivity contribution is 0.396. The number of rotatable bonds is 4. The summed E-state index contributed by atoms with van der Waals surface area (Å²) in [6, 6.07) is 11.1. The fourth-order valence-corrected chi connectivity index (χ4v) is 4.16. The largest absolute Gasteiger partial charge is 0.481 e. The van der Waals surface area contributed by atoms with Crippen LogP contribution < -0.4 is 15.4 Å². The summed E-state index contributed by atoms with van der Waals surface area (Å²) < 4.78 is 34.2. The van der Waals surface area contributed by atoms with Crippen molar-refractivity contribution in [1.82, 2.24) is 15.0 Å². The highest BCUT2D eigenvalue weighted by Crippen LogP contribution is 2.35. The summed E-state index contributed by atoms with van der Waals surface area (Å²) in [7, 11) is 1.57. The van der Waals surface area contributed by atoms with Gasteiger partial charge in [-0.15, -0.1) is 0 Å². The van der Waals surface area contributed by atoms with E-state index in [4.69, 9.17) is 15.5 Å². The molecular formula is C24H23F2N5O. The first-order valence-electron chi connectivity index (χ1n) is 10.5. The zero-order valence-corrected chi connectivity index (χ0v) is 17.6. The van der Waals surface area contributed by atoms with Crippen LogP contribution in [0.3, 0.4) is 0 Å². The molecule has 4 aromatic rings. The van der Waals surface area contributed by atoms with Crippen LogP contribution in [0, 0.1) is 11.6 Å². The van der Waals surface area contributed by atoms with Crippen molar-refractivity contribution < 1.29 is 13.5 Å². The van der Waals surface area contributed by atoms with Gasteiger partial charge in [-0.05, 0) is 42.7 Å². The Bertz CT molecular complexity index is 1260. The Morgan fingerprint density at radius 2 is 1.81 bits per heavy atom. The molecule has 164 valence electrons. The molecule has 32 heavy (non-hydrogen) atoms. The number of halogens is 2. The first kappa shape index (κ1) is 20.4. The van der Waals surface area contributed by atoms with Crippen LogP contribution in [0.1, 0.15) is 12.8 Å². The van der Waals surface area contributed by atoms with Gasteiger partial charge in [0.05, 0.1) is 18.4 Å². The number of methoxy groups -OCH3 is 1. The van der Waals surface area contributed by atoms with Gasteiger partial charge in [-0.2, -0.15) is 4.98 Å². The Morgan fingerprint density at radius 3 is 2.53 bits per heavy atom. The van der Waals surface area contributed by atoms with Crippen molar-refractivity contribution in [2.45, 2.75) is 18.9 Å². The minimum atomic E-state index is -0.601. The summed E-state index contributed by atoms with van der Waals surface area (Å²) in [6.07, 6.45) is 3.59. The van der Waals surface area contributed by atoms with Crippen molar-refractivity contribution in [2.75, 3.05) is 25.1 Å². The molecule has 0 radical (unpaired) electrons. The lowest BCUT2D eigenvalue weighted by Crippen LogP contribution is -2.40. The van der Waals surface area contributed by atoms with Crippen molar-refractivity contribution >= 4 is 16.9 Å². The van der Waals surface area contributed by atoms with E-state index in [9.17, 15) is 8.78 Å². The first-order chi connectivity index (χ1) is 15.5. The minimum absolute atomic E-state index is 0.0489. The number of H-pyrrole nitrogens is 1. The van der Waals surface area contributed by atoms with E-state index in [1.807, 2.05) is 12.3 Å². The maximum absolute atomic E-state index is 14.4. The van der Waals surface area contributed by atoms with Crippen LogP contribution in [0.5, 0.6) is 5.88 Å². The Labute approximate surface area is 184 Å². The summed E-state index contributed by atoms with van der Waals surface area (Å²) in [4.78, 5) is 14.6. The third kappa shape index (κ3) is 3.67. The molecule has 0 atom stereocenters. The van der Waals surface area contributed by atoms with E-state index in [1.54, 1.807) is 25.3 Å². The highest BCUT2D eigenvalue weighted by Gasteiger charge is 2.21. The smallest absolute Gasteiger partial charge is 0.229 e. The summed E-state index contributed by atoms with van der Waals surface area (Å²) >= 11 is 0. The number of ether oxygens (including phenoxy) is 1. The summed E-state index contributed by atoms with van der Waals surface area (Å²) in [5.74, 6) is -0.172. The molecule has 3 heterocycles. The second-order valence-corrected chi connectivity index (χ2v) is 7.98. The molecule has 2 aromatic heterocycles. The van der Waals surface area contributed by atoms with Crippen LogP contribution in [-0.2, 0) is 0 Å². The molecule has 0 spiro atoms. The number of aromatic nitrogens is 3. The van der Waals surface area contributed by atoms with Crippen LogP contribution in [0.2, 0.25) is 0 Å². The number of hydrogen-bond donors (Lipinski definition) is 2. The van der Waals surface area contributed by atoms with Gasteiger partial charge in [0, 0.05) is 47.9 Å². The van der Waals surface area contributed by atoms with Gasteiger partial charge in [-0.25, -0.2) is 13.8 Å². The van der Waals surface area contributed by atoms with Crippen molar-refractivity contribution in [3.05, 3.63) is 60.3 Å². The standard InChI is InChI=1S/C24H23F2N5O/c1-32-22-12-21(29-24(30-22)31-9-7-15(27)8-10-31)17-13-28-20-6-5-14(11-16(17)20)23-18(25)3-2-4-19(23)26/h2-6,11-13,15,28H,7-10,27H2,1H3. The molecule has 2 aromatic carbocycles. The van der Waals surface area contributed by atoms with E-state index in [-0.39, 0.29) is 11.6 Å². The van der Waals surface area contributed by atoms with Gasteiger partial charge in [0.15, 0.2) is 0 Å². The topological polar surface area (TPSA) is 80.1 Å². The highest BCUT2D eigenvalue weighted by molar-refractivity contribution is 5.97. The van der Waals surface area contributed by atoms with E-state index in [0.717, 1.165) is 42.4 Å². The lowest BCUT2D eigenvalue weighted by Gasteiger charge is -2.30. The second-order valence-electron chi connectivity index (χ2n) is 7.98. The Morgan fingerprint density at radius 1 is 1.06 bits per heavy atom. The van der Waals surface area contributed by atoms with Crippen molar-refractivity contribution in [1.29, 1.82) is 0 Å². The number of piperidine rings is 1. The fourth-order valence-electron chi connectivity index (χ4n) is 4.16. The predicted molar refractivity (Wildman–Crippen MR) is 121 cm³/mol. The van der Waals surface area contributed by atoms with Crippen LogP contribution in [0.25, 0.3) is 33.3 Å². The quantitative estimate of drug-likeness (QED) is 0.493. The van der Waals surface area contributed by atoms with Crippen LogP contribution >= 0.6 is 0 Å². The molecule has 0 unspecified atom stereocenters. The maximum Gasteiger partial charge on any atom is 0.229 e. The third-order valence-corrected chi connectivity index (χ3v) is 5.93. The molecule has 8 heteroatoms. The summed E-state index contributed by atoms with van der Waals surface area (Å²) in [6.45, 7) is 1.55. The van der Waals surface area contributed by atoms with Crippen molar-refractivity contribution in [3.63, 3.8) is 0 Å². The molecule has 0 saturated carbocycles. The number of aromatic amines is 1. The normalized spacial score (nSPS) is 14.8. The Kier molecular flexibility index (Phi) is 5.22. The third-order valence-electron chi connectivity index (χ3n) is 5.93. The van der Waals surface area contributed by atoms with Crippen LogP contribution in [-0.4, -0.2) is 41.2 Å². The molecule has 1 aliphatic heterocycles. The number of nitrogens with two attached hydrogens (primary N) is 1. The number of anilines is 1. The van der Waals surface area contributed by atoms with Crippen molar-refractivity contribution in [3.8, 4) is 28.3 Å². The SMILES string of the molecule is COc1cc(-c2c[nH]c3ccc(-c4c(F)cccc4F)cc23)nc(N2CCC(N)CC2)n1.